The monoisotopic (exact) mass is 334 g/mol. The van der Waals surface area contributed by atoms with E-state index in [-0.39, 0.29) is 22.7 Å². The maximum absolute atomic E-state index is 9.26. The summed E-state index contributed by atoms with van der Waals surface area (Å²) >= 11 is 1.57. The highest BCUT2D eigenvalue weighted by atomic mass is 79.9. The first-order valence-corrected chi connectivity index (χ1v) is 6.37. The first kappa shape index (κ1) is 13.7. The summed E-state index contributed by atoms with van der Waals surface area (Å²) in [4.78, 5) is 8.83. The molecule has 0 aliphatic heterocycles. The Morgan fingerprint density at radius 3 is 2.42 bits per heavy atom. The third-order valence-corrected chi connectivity index (χ3v) is 3.42. The summed E-state index contributed by atoms with van der Waals surface area (Å²) in [5.74, 6) is 0.263. The lowest BCUT2D eigenvalue weighted by Crippen LogP contribution is -1.81. The molecule has 0 aliphatic carbocycles. The number of nitrogens with zero attached hydrogens (tertiary/aromatic N) is 2. The minimum absolute atomic E-state index is 0. The zero-order valence-electron chi connectivity index (χ0n) is 9.85. The van der Waals surface area contributed by atoms with Crippen LogP contribution in [0.25, 0.3) is 22.0 Å². The van der Waals surface area contributed by atoms with Crippen LogP contribution >= 0.6 is 28.3 Å². The number of benzene rings is 1. The zero-order chi connectivity index (χ0) is 12.4. The second-order valence-corrected chi connectivity index (χ2v) is 4.66. The highest BCUT2D eigenvalue weighted by Gasteiger charge is 2.06. The Morgan fingerprint density at radius 2 is 1.74 bits per heavy atom. The molecule has 96 valence electrons. The Hall–Kier alpha value is -1.72. The maximum Gasteiger partial charge on any atom is 0.142 e. The highest BCUT2D eigenvalue weighted by molar-refractivity contribution is 8.93. The Balaban J connectivity index is 0.00000133. The van der Waals surface area contributed by atoms with E-state index in [1.165, 1.54) is 0 Å². The van der Waals surface area contributed by atoms with Gasteiger partial charge in [-0.3, -0.25) is 4.98 Å². The van der Waals surface area contributed by atoms with Crippen LogP contribution in [0.3, 0.4) is 0 Å². The highest BCUT2D eigenvalue weighted by Crippen LogP contribution is 2.28. The van der Waals surface area contributed by atoms with Crippen molar-refractivity contribution in [3.05, 3.63) is 54.0 Å². The number of aromatic hydroxyl groups is 1. The van der Waals surface area contributed by atoms with Gasteiger partial charge in [0, 0.05) is 17.1 Å². The molecule has 3 aromatic rings. The van der Waals surface area contributed by atoms with Crippen molar-refractivity contribution in [3.8, 4) is 27.7 Å². The lowest BCUT2D eigenvalue weighted by atomic mass is 10.2. The van der Waals surface area contributed by atoms with Gasteiger partial charge in [0.25, 0.3) is 0 Å². The fourth-order valence-corrected chi connectivity index (χ4v) is 2.45. The van der Waals surface area contributed by atoms with Crippen LogP contribution in [0.5, 0.6) is 5.75 Å². The SMILES string of the molecule is Br.Oc1ccc(-c2csc(-c3ccccn3)n2)cc1. The van der Waals surface area contributed by atoms with Crippen molar-refractivity contribution < 1.29 is 5.11 Å². The van der Waals surface area contributed by atoms with Crippen LogP contribution in [-0.2, 0) is 0 Å². The molecule has 1 aromatic carbocycles. The summed E-state index contributed by atoms with van der Waals surface area (Å²) in [5, 5.41) is 12.2. The number of pyridine rings is 1. The summed E-state index contributed by atoms with van der Waals surface area (Å²) in [6.07, 6.45) is 1.76. The van der Waals surface area contributed by atoms with E-state index >= 15 is 0 Å². The Kier molecular flexibility index (Phi) is 4.29. The van der Waals surface area contributed by atoms with Gasteiger partial charge in [0.1, 0.15) is 10.8 Å². The molecule has 5 heteroatoms. The van der Waals surface area contributed by atoms with Gasteiger partial charge in [-0.2, -0.15) is 0 Å². The lowest BCUT2D eigenvalue weighted by molar-refractivity contribution is 0.475. The van der Waals surface area contributed by atoms with Crippen LogP contribution in [0.4, 0.5) is 0 Å². The quantitative estimate of drug-likeness (QED) is 0.765. The normalized spacial score (nSPS) is 9.89. The second kappa shape index (κ2) is 5.95. The van der Waals surface area contributed by atoms with Gasteiger partial charge in [-0.25, -0.2) is 4.98 Å². The van der Waals surface area contributed by atoms with E-state index < -0.39 is 0 Å². The summed E-state index contributed by atoms with van der Waals surface area (Å²) in [7, 11) is 0. The Labute approximate surface area is 125 Å². The van der Waals surface area contributed by atoms with Gasteiger partial charge < -0.3 is 5.11 Å². The van der Waals surface area contributed by atoms with Gasteiger partial charge in [-0.1, -0.05) is 6.07 Å². The zero-order valence-corrected chi connectivity index (χ0v) is 12.4. The first-order chi connectivity index (χ1) is 8.83. The molecule has 0 amide bonds. The van der Waals surface area contributed by atoms with Crippen molar-refractivity contribution in [2.75, 3.05) is 0 Å². The largest absolute Gasteiger partial charge is 0.508 e. The third kappa shape index (κ3) is 3.00. The van der Waals surface area contributed by atoms with Crippen LogP contribution < -0.4 is 0 Å². The number of phenols is 1. The number of rotatable bonds is 2. The molecule has 3 rings (SSSR count). The van der Waals surface area contributed by atoms with Gasteiger partial charge >= 0.3 is 0 Å². The molecular formula is C14H11BrN2OS. The van der Waals surface area contributed by atoms with E-state index in [0.717, 1.165) is 22.0 Å². The molecule has 0 bridgehead atoms. The minimum atomic E-state index is 0. The van der Waals surface area contributed by atoms with Crippen molar-refractivity contribution in [1.82, 2.24) is 9.97 Å². The number of aromatic nitrogens is 2. The Bertz CT molecular complexity index is 653. The standard InChI is InChI=1S/C14H10N2OS.BrH/c17-11-6-4-10(5-7-11)13-9-18-14(16-13)12-3-1-2-8-15-12;/h1-9,17H;1H. The van der Waals surface area contributed by atoms with Gasteiger partial charge in [-0.15, -0.1) is 28.3 Å². The average Bonchev–Trinajstić information content (AvgIpc) is 2.90. The predicted molar refractivity (Wildman–Crippen MR) is 82.8 cm³/mol. The molecule has 0 fully saturated rings. The topological polar surface area (TPSA) is 46.0 Å². The third-order valence-electron chi connectivity index (χ3n) is 2.55. The number of thiazole rings is 1. The summed E-state index contributed by atoms with van der Waals surface area (Å²) in [6.45, 7) is 0. The summed E-state index contributed by atoms with van der Waals surface area (Å²) in [6, 6.07) is 12.8. The molecule has 0 saturated carbocycles. The number of hydrogen-bond acceptors (Lipinski definition) is 4. The van der Waals surface area contributed by atoms with Crippen molar-refractivity contribution in [1.29, 1.82) is 0 Å². The van der Waals surface area contributed by atoms with Gasteiger partial charge in [0.05, 0.1) is 11.4 Å². The smallest absolute Gasteiger partial charge is 0.142 e. The van der Waals surface area contributed by atoms with E-state index in [1.54, 1.807) is 29.7 Å². The van der Waals surface area contributed by atoms with E-state index in [0.29, 0.717) is 0 Å². The first-order valence-electron chi connectivity index (χ1n) is 5.49. The van der Waals surface area contributed by atoms with Crippen molar-refractivity contribution in [3.63, 3.8) is 0 Å². The van der Waals surface area contributed by atoms with Crippen molar-refractivity contribution in [2.45, 2.75) is 0 Å². The Morgan fingerprint density at radius 1 is 0.947 bits per heavy atom. The fraction of sp³-hybridized carbons (Fsp3) is 0. The molecule has 0 aliphatic rings. The maximum atomic E-state index is 9.26. The van der Waals surface area contributed by atoms with Crippen LogP contribution in [0.15, 0.2) is 54.0 Å². The average molecular weight is 335 g/mol. The molecule has 3 nitrogen and oxygen atoms in total. The van der Waals surface area contributed by atoms with E-state index in [2.05, 4.69) is 9.97 Å². The van der Waals surface area contributed by atoms with Crippen LogP contribution in [0.1, 0.15) is 0 Å². The molecule has 0 radical (unpaired) electrons. The molecular weight excluding hydrogens is 324 g/mol. The van der Waals surface area contributed by atoms with Gasteiger partial charge in [0.2, 0.25) is 0 Å². The molecule has 2 heterocycles. The minimum Gasteiger partial charge on any atom is -0.508 e. The summed E-state index contributed by atoms with van der Waals surface area (Å²) < 4.78 is 0. The van der Waals surface area contributed by atoms with Crippen molar-refractivity contribution in [2.24, 2.45) is 0 Å². The van der Waals surface area contributed by atoms with Gasteiger partial charge in [0.15, 0.2) is 0 Å². The molecule has 0 spiro atoms. The fourth-order valence-electron chi connectivity index (χ4n) is 1.65. The van der Waals surface area contributed by atoms with E-state index in [9.17, 15) is 5.11 Å². The molecule has 0 saturated heterocycles. The van der Waals surface area contributed by atoms with Gasteiger partial charge in [-0.05, 0) is 36.4 Å². The molecule has 0 unspecified atom stereocenters. The molecule has 19 heavy (non-hydrogen) atoms. The van der Waals surface area contributed by atoms with Crippen LogP contribution in [0.2, 0.25) is 0 Å². The summed E-state index contributed by atoms with van der Waals surface area (Å²) in [5.41, 5.74) is 2.78. The number of hydrogen-bond donors (Lipinski definition) is 1. The van der Waals surface area contributed by atoms with Crippen molar-refractivity contribution >= 4 is 28.3 Å². The van der Waals surface area contributed by atoms with Crippen LogP contribution in [-0.4, -0.2) is 15.1 Å². The predicted octanol–water partition coefficient (Wildman–Crippen LogP) is 4.16. The number of halogens is 1. The van der Waals surface area contributed by atoms with E-state index in [4.69, 9.17) is 0 Å². The number of phenolic OH excluding ortho intramolecular Hbond substituents is 1. The second-order valence-electron chi connectivity index (χ2n) is 3.80. The van der Waals surface area contributed by atoms with Crippen LogP contribution in [0, 0.1) is 0 Å². The molecule has 0 atom stereocenters. The lowest BCUT2D eigenvalue weighted by Gasteiger charge is -1.96. The molecule has 1 N–H and O–H groups in total. The van der Waals surface area contributed by atoms with E-state index in [1.807, 2.05) is 35.7 Å². The molecule has 2 aromatic heterocycles.